The summed E-state index contributed by atoms with van der Waals surface area (Å²) in [7, 11) is -2.39. The fraction of sp³-hybridized carbons (Fsp3) is 0.333. The highest BCUT2D eigenvalue weighted by atomic mass is 32.2. The summed E-state index contributed by atoms with van der Waals surface area (Å²) in [4.78, 5) is 26.6. The van der Waals surface area contributed by atoms with Crippen molar-refractivity contribution in [1.29, 1.82) is 0 Å². The first kappa shape index (κ1) is 25.3. The molecule has 0 aromatic heterocycles. The average molecular weight is 500 g/mol. The monoisotopic (exact) mass is 500 g/mol. The van der Waals surface area contributed by atoms with Gasteiger partial charge >= 0.3 is 12.4 Å². The van der Waals surface area contributed by atoms with Crippen LogP contribution in [0.15, 0.2) is 53.4 Å². The first-order valence-corrected chi connectivity index (χ1v) is 11.7. The number of urea groups is 1. The Morgan fingerprint density at radius 2 is 1.71 bits per heavy atom. The fourth-order valence-corrected chi connectivity index (χ4v) is 4.19. The topological polar surface area (TPSA) is 117 Å². The van der Waals surface area contributed by atoms with E-state index in [1.165, 1.54) is 37.4 Å². The predicted molar refractivity (Wildman–Crippen MR) is 117 cm³/mol. The van der Waals surface area contributed by atoms with Crippen molar-refractivity contribution < 1.29 is 35.9 Å². The first-order valence-electron chi connectivity index (χ1n) is 10.2. The van der Waals surface area contributed by atoms with Gasteiger partial charge in [0.1, 0.15) is 5.75 Å². The molecule has 0 bridgehead atoms. The lowest BCUT2D eigenvalue weighted by Crippen LogP contribution is -2.47. The molecule has 0 spiro atoms. The van der Waals surface area contributed by atoms with Crippen LogP contribution in [-0.4, -0.2) is 57.8 Å². The predicted octanol–water partition coefficient (Wildman–Crippen LogP) is 2.92. The van der Waals surface area contributed by atoms with E-state index in [9.17, 15) is 31.2 Å². The quantitative estimate of drug-likeness (QED) is 0.564. The van der Waals surface area contributed by atoms with Crippen molar-refractivity contribution in [1.82, 2.24) is 14.9 Å². The van der Waals surface area contributed by atoms with Gasteiger partial charge in [0, 0.05) is 30.4 Å². The Balaban J connectivity index is 1.50. The zero-order valence-electron chi connectivity index (χ0n) is 18.1. The smallest absolute Gasteiger partial charge is 0.406 e. The van der Waals surface area contributed by atoms with Crippen molar-refractivity contribution in [2.45, 2.75) is 30.1 Å². The molecule has 2 aromatic rings. The van der Waals surface area contributed by atoms with Gasteiger partial charge in [0.2, 0.25) is 10.0 Å². The second-order valence-corrected chi connectivity index (χ2v) is 9.36. The van der Waals surface area contributed by atoms with E-state index in [0.717, 1.165) is 12.1 Å². The summed E-state index contributed by atoms with van der Waals surface area (Å²) in [5.41, 5.74) is 0.537. The van der Waals surface area contributed by atoms with Crippen molar-refractivity contribution in [2.24, 2.45) is 0 Å². The molecular formula is C21H23F3N4O5S. The van der Waals surface area contributed by atoms with Crippen molar-refractivity contribution in [3.8, 4) is 5.75 Å². The van der Waals surface area contributed by atoms with E-state index in [1.54, 1.807) is 11.0 Å². The number of anilines is 1. The number of nitrogens with zero attached hydrogens (tertiary/aromatic N) is 1. The van der Waals surface area contributed by atoms with Gasteiger partial charge in [-0.15, -0.1) is 13.2 Å². The third-order valence-electron chi connectivity index (χ3n) is 5.12. The van der Waals surface area contributed by atoms with Crippen LogP contribution in [0.25, 0.3) is 0 Å². The molecule has 0 saturated carbocycles. The Hall–Kier alpha value is -3.32. The molecular weight excluding hydrogens is 477 g/mol. The minimum atomic E-state index is -4.80. The maximum Gasteiger partial charge on any atom is 0.573 e. The van der Waals surface area contributed by atoms with E-state index >= 15 is 0 Å². The van der Waals surface area contributed by atoms with Gasteiger partial charge in [-0.1, -0.05) is 6.07 Å². The van der Waals surface area contributed by atoms with Crippen LogP contribution >= 0.6 is 0 Å². The first-order chi connectivity index (χ1) is 16.0. The van der Waals surface area contributed by atoms with Gasteiger partial charge in [0.25, 0.3) is 5.91 Å². The summed E-state index contributed by atoms with van der Waals surface area (Å²) >= 11 is 0. The summed E-state index contributed by atoms with van der Waals surface area (Å²) in [6.45, 7) is 0.715. The summed E-state index contributed by atoms with van der Waals surface area (Å²) in [5.74, 6) is -0.707. The number of nitrogens with one attached hydrogen (secondary N) is 3. The van der Waals surface area contributed by atoms with Gasteiger partial charge in [0.15, 0.2) is 0 Å². The number of halogens is 3. The minimum absolute atomic E-state index is 0.00734. The Bertz CT molecular complexity index is 1130. The molecule has 2 aromatic carbocycles. The molecule has 9 nitrogen and oxygen atoms in total. The van der Waals surface area contributed by atoms with Crippen LogP contribution in [0, 0.1) is 0 Å². The summed E-state index contributed by atoms with van der Waals surface area (Å²) < 4.78 is 66.6. The highest BCUT2D eigenvalue weighted by Gasteiger charge is 2.31. The number of alkyl halides is 3. The van der Waals surface area contributed by atoms with Gasteiger partial charge in [-0.25, -0.2) is 17.9 Å². The molecule has 3 N–H and O–H groups in total. The molecule has 1 heterocycles. The van der Waals surface area contributed by atoms with Crippen molar-refractivity contribution in [3.63, 3.8) is 0 Å². The highest BCUT2D eigenvalue weighted by Crippen LogP contribution is 2.24. The number of ether oxygens (including phenoxy) is 1. The summed E-state index contributed by atoms with van der Waals surface area (Å²) in [6, 6.07) is 9.75. The highest BCUT2D eigenvalue weighted by molar-refractivity contribution is 7.89. The minimum Gasteiger partial charge on any atom is -0.406 e. The number of benzene rings is 2. The molecule has 3 rings (SSSR count). The van der Waals surface area contributed by atoms with E-state index in [0.29, 0.717) is 25.9 Å². The Labute approximate surface area is 194 Å². The van der Waals surface area contributed by atoms with E-state index in [4.69, 9.17) is 0 Å². The van der Waals surface area contributed by atoms with E-state index in [-0.39, 0.29) is 28.1 Å². The number of carbonyl (C=O) groups excluding carboxylic acids is 2. The van der Waals surface area contributed by atoms with Crippen LogP contribution < -0.4 is 20.1 Å². The lowest BCUT2D eigenvalue weighted by Gasteiger charge is -2.32. The molecule has 1 aliphatic rings. The number of amides is 3. The number of sulfonamides is 1. The molecule has 0 radical (unpaired) electrons. The standard InChI is InChI=1S/C21H23F3N4O5S/c1-25-34(31,32)18-4-2-3-14(13-18)19(29)28-11-9-16(10-12-28)27-20(30)26-15-5-7-17(8-6-15)33-21(22,23)24/h2-8,13,16,25H,9-12H2,1H3,(H2,26,27,30). The second-order valence-electron chi connectivity index (χ2n) is 7.47. The second kappa shape index (κ2) is 10.3. The lowest BCUT2D eigenvalue weighted by molar-refractivity contribution is -0.274. The fourth-order valence-electron chi connectivity index (χ4n) is 3.42. The molecule has 1 fully saturated rings. The number of hydrogen-bond acceptors (Lipinski definition) is 5. The van der Waals surface area contributed by atoms with Crippen molar-refractivity contribution in [2.75, 3.05) is 25.5 Å². The molecule has 3 amide bonds. The maximum absolute atomic E-state index is 12.8. The van der Waals surface area contributed by atoms with E-state index in [1.807, 2.05) is 0 Å². The molecule has 0 unspecified atom stereocenters. The average Bonchev–Trinajstić information content (AvgIpc) is 2.79. The number of hydrogen-bond donors (Lipinski definition) is 3. The third kappa shape index (κ3) is 6.84. The Kier molecular flexibility index (Phi) is 7.67. The van der Waals surface area contributed by atoms with Crippen LogP contribution in [0.2, 0.25) is 0 Å². The Morgan fingerprint density at radius 1 is 1.06 bits per heavy atom. The molecule has 13 heteroatoms. The van der Waals surface area contributed by atoms with Crippen LogP contribution in [0.3, 0.4) is 0 Å². The zero-order chi connectivity index (χ0) is 24.9. The van der Waals surface area contributed by atoms with Crippen LogP contribution in [-0.2, 0) is 10.0 Å². The SMILES string of the molecule is CNS(=O)(=O)c1cccc(C(=O)N2CCC(NC(=O)Nc3ccc(OC(F)(F)F)cc3)CC2)c1. The summed E-state index contributed by atoms with van der Waals surface area (Å²) in [6.07, 6.45) is -3.84. The third-order valence-corrected chi connectivity index (χ3v) is 6.54. The van der Waals surface area contributed by atoms with Crippen LogP contribution in [0.1, 0.15) is 23.2 Å². The van der Waals surface area contributed by atoms with Crippen molar-refractivity contribution >= 4 is 27.6 Å². The largest absolute Gasteiger partial charge is 0.573 e. The van der Waals surface area contributed by atoms with E-state index in [2.05, 4.69) is 20.1 Å². The normalized spacial score (nSPS) is 15.0. The van der Waals surface area contributed by atoms with E-state index < -0.39 is 28.2 Å². The zero-order valence-corrected chi connectivity index (χ0v) is 18.9. The molecule has 184 valence electrons. The number of rotatable bonds is 6. The molecule has 0 aliphatic carbocycles. The lowest BCUT2D eigenvalue weighted by atomic mass is 10.0. The van der Waals surface area contributed by atoms with Gasteiger partial charge in [-0.05, 0) is 62.4 Å². The van der Waals surface area contributed by atoms with Gasteiger partial charge in [0.05, 0.1) is 4.90 Å². The van der Waals surface area contributed by atoms with Gasteiger partial charge in [-0.3, -0.25) is 4.79 Å². The number of piperidine rings is 1. The van der Waals surface area contributed by atoms with Crippen molar-refractivity contribution in [3.05, 3.63) is 54.1 Å². The molecule has 0 atom stereocenters. The molecule has 1 aliphatic heterocycles. The van der Waals surface area contributed by atoms with Gasteiger partial charge in [-0.2, -0.15) is 0 Å². The van der Waals surface area contributed by atoms with Crippen LogP contribution in [0.5, 0.6) is 5.75 Å². The summed E-state index contributed by atoms with van der Waals surface area (Å²) in [5, 5.41) is 5.30. The maximum atomic E-state index is 12.8. The number of carbonyl (C=O) groups is 2. The molecule has 34 heavy (non-hydrogen) atoms. The van der Waals surface area contributed by atoms with Gasteiger partial charge < -0.3 is 20.3 Å². The molecule has 1 saturated heterocycles. The Morgan fingerprint density at radius 3 is 2.29 bits per heavy atom. The van der Waals surface area contributed by atoms with Crippen LogP contribution in [0.4, 0.5) is 23.7 Å². The number of likely N-dealkylation sites (tertiary alicyclic amines) is 1.